The molecule has 1 aromatic carbocycles. The predicted octanol–water partition coefficient (Wildman–Crippen LogP) is 3.26. The van der Waals surface area contributed by atoms with Crippen molar-refractivity contribution < 1.29 is 4.39 Å². The van der Waals surface area contributed by atoms with Gasteiger partial charge in [-0.2, -0.15) is 0 Å². The fraction of sp³-hybridized carbons (Fsp3) is 0.0909. The summed E-state index contributed by atoms with van der Waals surface area (Å²) < 4.78 is 13.5. The van der Waals surface area contributed by atoms with Gasteiger partial charge in [-0.25, -0.2) is 4.39 Å². The van der Waals surface area contributed by atoms with Crippen LogP contribution in [-0.2, 0) is 0 Å². The van der Waals surface area contributed by atoms with E-state index in [0.717, 1.165) is 11.1 Å². The Hall–Kier alpha value is -1.57. The number of fused-ring (bicyclic) bond motifs is 1. The zero-order chi connectivity index (χ0) is 9.42. The van der Waals surface area contributed by atoms with Crippen LogP contribution in [0.5, 0.6) is 0 Å². The van der Waals surface area contributed by atoms with Gasteiger partial charge in [0.25, 0.3) is 0 Å². The van der Waals surface area contributed by atoms with E-state index < -0.39 is 0 Å². The number of aryl methyl sites for hydroxylation is 1. The number of H-pyrrole nitrogens is 1. The molecule has 0 aliphatic rings. The summed E-state index contributed by atoms with van der Waals surface area (Å²) in [5.74, 6) is -0.175. The standard InChI is InChI=1S/C11H10FN/c1-3-9-6-8-5-4-7(2)10(12)11(8)13-9/h3-6,13H,1H2,2H3. The number of halogens is 1. The van der Waals surface area contributed by atoms with Crippen LogP contribution in [0.3, 0.4) is 0 Å². The Bertz CT molecular complexity index is 468. The second kappa shape index (κ2) is 2.73. The Balaban J connectivity index is 2.83. The highest BCUT2D eigenvalue weighted by molar-refractivity contribution is 5.83. The van der Waals surface area contributed by atoms with Crippen LogP contribution in [0.15, 0.2) is 24.8 Å². The zero-order valence-corrected chi connectivity index (χ0v) is 7.39. The highest BCUT2D eigenvalue weighted by Crippen LogP contribution is 2.21. The summed E-state index contributed by atoms with van der Waals surface area (Å²) in [6.45, 7) is 5.38. The lowest BCUT2D eigenvalue weighted by Gasteiger charge is -1.95. The summed E-state index contributed by atoms with van der Waals surface area (Å²) in [6, 6.07) is 5.56. The van der Waals surface area contributed by atoms with E-state index in [4.69, 9.17) is 0 Å². The Morgan fingerprint density at radius 1 is 1.46 bits per heavy atom. The summed E-state index contributed by atoms with van der Waals surface area (Å²) in [5, 5.41) is 0.887. The van der Waals surface area contributed by atoms with Crippen molar-refractivity contribution >= 4 is 17.0 Å². The number of hydrogen-bond donors (Lipinski definition) is 1. The summed E-state index contributed by atoms with van der Waals surface area (Å²) in [7, 11) is 0. The quantitative estimate of drug-likeness (QED) is 0.684. The Morgan fingerprint density at radius 2 is 2.23 bits per heavy atom. The molecule has 0 spiro atoms. The van der Waals surface area contributed by atoms with Gasteiger partial charge in [0.2, 0.25) is 0 Å². The van der Waals surface area contributed by atoms with Crippen molar-refractivity contribution in [2.24, 2.45) is 0 Å². The summed E-state index contributed by atoms with van der Waals surface area (Å²) in [6.07, 6.45) is 1.68. The van der Waals surface area contributed by atoms with Crippen molar-refractivity contribution in [2.75, 3.05) is 0 Å². The van der Waals surface area contributed by atoms with E-state index in [1.807, 2.05) is 12.1 Å². The molecule has 0 radical (unpaired) electrons. The molecule has 0 aliphatic carbocycles. The molecule has 1 aromatic heterocycles. The van der Waals surface area contributed by atoms with Crippen LogP contribution in [-0.4, -0.2) is 4.98 Å². The van der Waals surface area contributed by atoms with Gasteiger partial charge in [-0.05, 0) is 24.6 Å². The second-order valence-electron chi connectivity index (χ2n) is 3.09. The molecule has 0 fully saturated rings. The molecule has 0 aliphatic heterocycles. The van der Waals surface area contributed by atoms with Gasteiger partial charge in [0.15, 0.2) is 0 Å². The second-order valence-corrected chi connectivity index (χ2v) is 3.09. The lowest BCUT2D eigenvalue weighted by Crippen LogP contribution is -1.82. The fourth-order valence-electron chi connectivity index (χ4n) is 1.40. The first-order chi connectivity index (χ1) is 6.22. The first-order valence-corrected chi connectivity index (χ1v) is 4.12. The molecule has 2 aromatic rings. The van der Waals surface area contributed by atoms with Crippen LogP contribution in [0.4, 0.5) is 4.39 Å². The highest BCUT2D eigenvalue weighted by Gasteiger charge is 2.05. The van der Waals surface area contributed by atoms with E-state index in [0.29, 0.717) is 11.1 Å². The minimum atomic E-state index is -0.175. The van der Waals surface area contributed by atoms with Crippen LogP contribution >= 0.6 is 0 Å². The number of nitrogens with one attached hydrogen (secondary N) is 1. The van der Waals surface area contributed by atoms with E-state index in [1.165, 1.54) is 0 Å². The molecule has 0 unspecified atom stereocenters. The third-order valence-electron chi connectivity index (χ3n) is 2.17. The van der Waals surface area contributed by atoms with Crippen LogP contribution in [0.2, 0.25) is 0 Å². The molecule has 66 valence electrons. The molecule has 1 N–H and O–H groups in total. The smallest absolute Gasteiger partial charge is 0.150 e. The molecule has 1 heterocycles. The first kappa shape index (κ1) is 8.05. The monoisotopic (exact) mass is 175 g/mol. The maximum atomic E-state index is 13.5. The van der Waals surface area contributed by atoms with E-state index in [1.54, 1.807) is 19.1 Å². The average molecular weight is 175 g/mol. The van der Waals surface area contributed by atoms with Crippen molar-refractivity contribution in [2.45, 2.75) is 6.92 Å². The molecule has 13 heavy (non-hydrogen) atoms. The maximum Gasteiger partial charge on any atom is 0.150 e. The Kier molecular flexibility index (Phi) is 1.69. The first-order valence-electron chi connectivity index (χ1n) is 4.12. The fourth-order valence-corrected chi connectivity index (χ4v) is 1.40. The molecule has 2 heteroatoms. The molecule has 2 rings (SSSR count). The number of benzene rings is 1. The van der Waals surface area contributed by atoms with Gasteiger partial charge in [-0.1, -0.05) is 18.7 Å². The molecule has 0 bridgehead atoms. The minimum absolute atomic E-state index is 0.175. The van der Waals surface area contributed by atoms with Gasteiger partial charge in [0.1, 0.15) is 5.82 Å². The molecule has 0 saturated heterocycles. The van der Waals surface area contributed by atoms with E-state index >= 15 is 0 Å². The summed E-state index contributed by atoms with van der Waals surface area (Å²) in [4.78, 5) is 2.96. The van der Waals surface area contributed by atoms with E-state index in [2.05, 4.69) is 11.6 Å². The number of hydrogen-bond acceptors (Lipinski definition) is 0. The lowest BCUT2D eigenvalue weighted by atomic mass is 10.2. The average Bonchev–Trinajstić information content (AvgIpc) is 2.55. The summed E-state index contributed by atoms with van der Waals surface area (Å²) >= 11 is 0. The molecular weight excluding hydrogens is 165 g/mol. The molecular formula is C11H10FN. The minimum Gasteiger partial charge on any atom is -0.353 e. The zero-order valence-electron chi connectivity index (χ0n) is 7.39. The Labute approximate surface area is 75.9 Å². The van der Waals surface area contributed by atoms with Crippen LogP contribution in [0, 0.1) is 12.7 Å². The van der Waals surface area contributed by atoms with Gasteiger partial charge in [-0.3, -0.25) is 0 Å². The van der Waals surface area contributed by atoms with Crippen LogP contribution in [0.25, 0.3) is 17.0 Å². The maximum absolute atomic E-state index is 13.5. The summed E-state index contributed by atoms with van der Waals surface area (Å²) in [5.41, 5.74) is 2.07. The van der Waals surface area contributed by atoms with Crippen molar-refractivity contribution in [3.05, 3.63) is 41.9 Å². The molecule has 0 amide bonds. The van der Waals surface area contributed by atoms with Gasteiger partial charge in [-0.15, -0.1) is 0 Å². The van der Waals surface area contributed by atoms with Gasteiger partial charge in [0.05, 0.1) is 5.52 Å². The highest BCUT2D eigenvalue weighted by atomic mass is 19.1. The molecule has 0 atom stereocenters. The van der Waals surface area contributed by atoms with Crippen LogP contribution in [0.1, 0.15) is 11.3 Å². The van der Waals surface area contributed by atoms with Crippen molar-refractivity contribution in [1.82, 2.24) is 4.98 Å². The van der Waals surface area contributed by atoms with Crippen molar-refractivity contribution in [3.8, 4) is 0 Å². The third-order valence-corrected chi connectivity index (χ3v) is 2.17. The molecule has 0 saturated carbocycles. The number of aromatic nitrogens is 1. The largest absolute Gasteiger partial charge is 0.353 e. The van der Waals surface area contributed by atoms with Gasteiger partial charge in [0, 0.05) is 11.1 Å². The van der Waals surface area contributed by atoms with Crippen LogP contribution < -0.4 is 0 Å². The van der Waals surface area contributed by atoms with E-state index in [-0.39, 0.29) is 5.82 Å². The van der Waals surface area contributed by atoms with Crippen molar-refractivity contribution in [1.29, 1.82) is 0 Å². The third kappa shape index (κ3) is 1.15. The van der Waals surface area contributed by atoms with Crippen molar-refractivity contribution in [3.63, 3.8) is 0 Å². The van der Waals surface area contributed by atoms with Gasteiger partial charge < -0.3 is 4.98 Å². The number of aromatic amines is 1. The predicted molar refractivity (Wildman–Crippen MR) is 53.1 cm³/mol. The lowest BCUT2D eigenvalue weighted by molar-refractivity contribution is 0.628. The SMILES string of the molecule is C=Cc1cc2ccc(C)c(F)c2[nH]1. The topological polar surface area (TPSA) is 15.8 Å². The van der Waals surface area contributed by atoms with E-state index in [9.17, 15) is 4.39 Å². The number of rotatable bonds is 1. The Morgan fingerprint density at radius 3 is 2.92 bits per heavy atom. The molecule has 1 nitrogen and oxygen atoms in total. The van der Waals surface area contributed by atoms with Gasteiger partial charge >= 0.3 is 0 Å². The normalized spacial score (nSPS) is 10.6.